The van der Waals surface area contributed by atoms with Gasteiger partial charge in [-0.05, 0) is 42.2 Å². The summed E-state index contributed by atoms with van der Waals surface area (Å²) in [6, 6.07) is 12.8. The van der Waals surface area contributed by atoms with Crippen molar-refractivity contribution in [3.05, 3.63) is 76.3 Å². The van der Waals surface area contributed by atoms with Gasteiger partial charge in [0.15, 0.2) is 0 Å². The molecular formula is C25H28Cl2N6O. The van der Waals surface area contributed by atoms with Crippen molar-refractivity contribution in [1.29, 1.82) is 0 Å². The maximum Gasteiger partial charge on any atom is 0.250 e. The largest absolute Gasteiger partial charge is 0.326 e. The standard InChI is InChI=1S/C25H28Cl2N6O/c1-15(2)8-9-33-21(12-32-14-29-13-30-32)23(28)22(16-4-3-5-17(26)10-16)25(33)19-7-6-18(27)11-20(19)31-24(25)34/h3-7,10-11,13-15,21-23H,8-9,12,28H2,1-2H3,(H,31,34)/t21-,22-,23+,25+/m0/s1. The average molecular weight is 499 g/mol. The second-order valence-corrected chi connectivity index (χ2v) is 10.5. The first-order valence-corrected chi connectivity index (χ1v) is 12.3. The zero-order chi connectivity index (χ0) is 24.0. The third-order valence-corrected chi connectivity index (χ3v) is 7.59. The van der Waals surface area contributed by atoms with E-state index in [9.17, 15) is 4.79 Å². The van der Waals surface area contributed by atoms with Crippen molar-refractivity contribution in [1.82, 2.24) is 19.7 Å². The molecule has 3 heterocycles. The molecule has 1 fully saturated rings. The van der Waals surface area contributed by atoms with E-state index in [4.69, 9.17) is 28.9 Å². The summed E-state index contributed by atoms with van der Waals surface area (Å²) in [5, 5.41) is 8.63. The molecule has 1 amide bonds. The van der Waals surface area contributed by atoms with Crippen molar-refractivity contribution in [2.75, 3.05) is 11.9 Å². The Kier molecular flexibility index (Phi) is 6.14. The lowest BCUT2D eigenvalue weighted by molar-refractivity contribution is -0.128. The third kappa shape index (κ3) is 3.71. The third-order valence-electron chi connectivity index (χ3n) is 7.12. The quantitative estimate of drug-likeness (QED) is 0.529. The van der Waals surface area contributed by atoms with Gasteiger partial charge in [0.2, 0.25) is 5.91 Å². The number of rotatable bonds is 6. The number of nitrogens with two attached hydrogens (primary N) is 1. The first kappa shape index (κ1) is 23.3. The van der Waals surface area contributed by atoms with E-state index < -0.39 is 5.54 Å². The Balaban J connectivity index is 1.73. The summed E-state index contributed by atoms with van der Waals surface area (Å²) in [6.45, 7) is 5.60. The van der Waals surface area contributed by atoms with Crippen LogP contribution in [0.15, 0.2) is 55.1 Å². The smallest absolute Gasteiger partial charge is 0.250 e. The number of amides is 1. The minimum atomic E-state index is -0.996. The van der Waals surface area contributed by atoms with Crippen LogP contribution >= 0.6 is 23.2 Å². The predicted molar refractivity (Wildman–Crippen MR) is 134 cm³/mol. The van der Waals surface area contributed by atoms with Crippen molar-refractivity contribution >= 4 is 34.8 Å². The van der Waals surface area contributed by atoms with Crippen LogP contribution in [0.5, 0.6) is 0 Å². The molecule has 0 saturated carbocycles. The number of benzene rings is 2. The van der Waals surface area contributed by atoms with E-state index in [0.717, 1.165) is 23.2 Å². The van der Waals surface area contributed by atoms with Gasteiger partial charge in [0.25, 0.3) is 0 Å². The maximum absolute atomic E-state index is 14.1. The molecule has 3 aromatic rings. The highest BCUT2D eigenvalue weighted by Crippen LogP contribution is 2.57. The Bertz CT molecular complexity index is 1200. The van der Waals surface area contributed by atoms with Crippen LogP contribution in [0, 0.1) is 5.92 Å². The fourth-order valence-electron chi connectivity index (χ4n) is 5.68. The SMILES string of the molecule is CC(C)CCN1[C@@H](Cn2cncn2)[C@@H](N)[C@H](c2cccc(Cl)c2)[C@]12C(=O)Nc1cc(Cl)ccc12. The Hall–Kier alpha value is -2.45. The molecule has 2 aliphatic rings. The lowest BCUT2D eigenvalue weighted by Gasteiger charge is -2.40. The molecule has 0 aliphatic carbocycles. The molecule has 5 rings (SSSR count). The van der Waals surface area contributed by atoms with Crippen molar-refractivity contribution in [3.8, 4) is 0 Å². The van der Waals surface area contributed by atoms with Gasteiger partial charge in [-0.15, -0.1) is 0 Å². The van der Waals surface area contributed by atoms with Crippen LogP contribution in [-0.4, -0.2) is 44.2 Å². The number of carbonyl (C=O) groups excluding carboxylic acids is 1. The van der Waals surface area contributed by atoms with Crippen LogP contribution < -0.4 is 11.1 Å². The van der Waals surface area contributed by atoms with Gasteiger partial charge in [-0.2, -0.15) is 5.10 Å². The molecule has 9 heteroatoms. The number of carbonyl (C=O) groups is 1. The molecule has 0 radical (unpaired) electrons. The van der Waals surface area contributed by atoms with E-state index in [1.807, 2.05) is 42.5 Å². The summed E-state index contributed by atoms with van der Waals surface area (Å²) < 4.78 is 1.79. The molecule has 2 aromatic carbocycles. The zero-order valence-electron chi connectivity index (χ0n) is 19.2. The fourth-order valence-corrected chi connectivity index (χ4v) is 6.05. The summed E-state index contributed by atoms with van der Waals surface area (Å²) in [5.41, 5.74) is 8.64. The van der Waals surface area contributed by atoms with Crippen molar-refractivity contribution in [2.45, 2.75) is 50.4 Å². The van der Waals surface area contributed by atoms with Gasteiger partial charge < -0.3 is 11.1 Å². The summed E-state index contributed by atoms with van der Waals surface area (Å²) in [7, 11) is 0. The molecule has 1 saturated heterocycles. The monoisotopic (exact) mass is 498 g/mol. The van der Waals surface area contributed by atoms with Gasteiger partial charge in [-0.25, -0.2) is 4.98 Å². The Morgan fingerprint density at radius 3 is 2.68 bits per heavy atom. The van der Waals surface area contributed by atoms with Crippen LogP contribution in [0.4, 0.5) is 5.69 Å². The Morgan fingerprint density at radius 1 is 1.18 bits per heavy atom. The van der Waals surface area contributed by atoms with E-state index in [1.54, 1.807) is 11.0 Å². The van der Waals surface area contributed by atoms with Crippen molar-refractivity contribution in [2.24, 2.45) is 11.7 Å². The molecule has 1 aromatic heterocycles. The van der Waals surface area contributed by atoms with E-state index in [-0.39, 0.29) is 23.9 Å². The number of aromatic nitrogens is 3. The van der Waals surface area contributed by atoms with Gasteiger partial charge in [0.1, 0.15) is 18.2 Å². The maximum atomic E-state index is 14.1. The van der Waals surface area contributed by atoms with Crippen LogP contribution in [0.25, 0.3) is 0 Å². The summed E-state index contributed by atoms with van der Waals surface area (Å²) >= 11 is 12.7. The number of hydrogen-bond acceptors (Lipinski definition) is 5. The number of anilines is 1. The highest BCUT2D eigenvalue weighted by molar-refractivity contribution is 6.31. The molecular weight excluding hydrogens is 471 g/mol. The Labute approximate surface area is 209 Å². The summed E-state index contributed by atoms with van der Waals surface area (Å²) in [4.78, 5) is 20.5. The first-order chi connectivity index (χ1) is 16.3. The van der Waals surface area contributed by atoms with Crippen LogP contribution in [0.2, 0.25) is 10.0 Å². The molecule has 1 spiro atoms. The Morgan fingerprint density at radius 2 is 1.97 bits per heavy atom. The average Bonchev–Trinajstić information content (AvgIpc) is 3.45. The predicted octanol–water partition coefficient (Wildman–Crippen LogP) is 4.27. The van der Waals surface area contributed by atoms with E-state index in [0.29, 0.717) is 29.1 Å². The van der Waals surface area contributed by atoms with E-state index in [1.165, 1.54) is 6.33 Å². The molecule has 3 N–H and O–H groups in total. The number of halogens is 2. The molecule has 4 atom stereocenters. The van der Waals surface area contributed by atoms with Gasteiger partial charge >= 0.3 is 0 Å². The van der Waals surface area contributed by atoms with Crippen LogP contribution in [0.3, 0.4) is 0 Å². The lowest BCUT2D eigenvalue weighted by Crippen LogP contribution is -2.53. The topological polar surface area (TPSA) is 89.1 Å². The molecule has 2 aliphatic heterocycles. The molecule has 0 unspecified atom stereocenters. The number of nitrogens with zero attached hydrogens (tertiary/aromatic N) is 4. The second-order valence-electron chi connectivity index (χ2n) is 9.58. The van der Waals surface area contributed by atoms with E-state index >= 15 is 0 Å². The molecule has 0 bridgehead atoms. The van der Waals surface area contributed by atoms with Crippen molar-refractivity contribution < 1.29 is 4.79 Å². The normalized spacial score (nSPS) is 26.4. The minimum absolute atomic E-state index is 0.0879. The molecule has 7 nitrogen and oxygen atoms in total. The van der Waals surface area contributed by atoms with Gasteiger partial charge in [0.05, 0.1) is 6.54 Å². The van der Waals surface area contributed by atoms with Crippen LogP contribution in [-0.2, 0) is 16.9 Å². The number of likely N-dealkylation sites (tertiary alicyclic amines) is 1. The minimum Gasteiger partial charge on any atom is -0.326 e. The van der Waals surface area contributed by atoms with Crippen LogP contribution in [0.1, 0.15) is 37.3 Å². The molecule has 34 heavy (non-hydrogen) atoms. The van der Waals surface area contributed by atoms with Gasteiger partial charge in [-0.3, -0.25) is 14.4 Å². The first-order valence-electron chi connectivity index (χ1n) is 11.5. The summed E-state index contributed by atoms with van der Waals surface area (Å²) in [5.74, 6) is 0.0454. The molecule has 178 valence electrons. The van der Waals surface area contributed by atoms with Gasteiger partial charge in [0, 0.05) is 45.8 Å². The number of fused-ring (bicyclic) bond motifs is 2. The zero-order valence-corrected chi connectivity index (χ0v) is 20.7. The second kappa shape index (κ2) is 8.96. The van der Waals surface area contributed by atoms with Crippen molar-refractivity contribution in [3.63, 3.8) is 0 Å². The summed E-state index contributed by atoms with van der Waals surface area (Å²) in [6.07, 6.45) is 4.12. The number of nitrogens with one attached hydrogen (secondary N) is 1. The van der Waals surface area contributed by atoms with E-state index in [2.05, 4.69) is 34.1 Å². The highest BCUT2D eigenvalue weighted by Gasteiger charge is 2.65. The number of hydrogen-bond donors (Lipinski definition) is 2. The highest BCUT2D eigenvalue weighted by atomic mass is 35.5. The van der Waals surface area contributed by atoms with Gasteiger partial charge in [-0.1, -0.05) is 55.2 Å². The fraction of sp³-hybridized carbons (Fsp3) is 0.400. The lowest BCUT2D eigenvalue weighted by atomic mass is 9.74.